The van der Waals surface area contributed by atoms with Crippen LogP contribution in [0.5, 0.6) is 23.0 Å². The summed E-state index contributed by atoms with van der Waals surface area (Å²) in [6.07, 6.45) is 0. The van der Waals surface area contributed by atoms with Crippen LogP contribution in [0.1, 0.15) is 22.8 Å². The third kappa shape index (κ3) is 35.6. The second-order valence-corrected chi connectivity index (χ2v) is 12.8. The van der Waals surface area contributed by atoms with Crippen molar-refractivity contribution < 1.29 is 151 Å². The van der Waals surface area contributed by atoms with Crippen molar-refractivity contribution in [3.8, 4) is 23.0 Å². The second-order valence-electron chi connectivity index (χ2n) is 12.8. The maximum atomic E-state index is 11.3. The van der Waals surface area contributed by atoms with Gasteiger partial charge in [-0.1, -0.05) is 48.5 Å². The number of hydrogen-bond donors (Lipinski definition) is 0. The molecule has 0 saturated heterocycles. The molecule has 0 unspecified atom stereocenters. The molecule has 4 aromatic heterocycles. The van der Waals surface area contributed by atoms with E-state index in [1.807, 2.05) is 100 Å². The summed E-state index contributed by atoms with van der Waals surface area (Å²) in [5.74, 6) is 0.208. The number of benzene rings is 4. The van der Waals surface area contributed by atoms with Gasteiger partial charge in [-0.15, -0.1) is 0 Å². The van der Waals surface area contributed by atoms with Crippen molar-refractivity contribution in [3.05, 3.63) is 236 Å². The topological polar surface area (TPSA) is 546 Å². The summed E-state index contributed by atoms with van der Waals surface area (Å²) >= 11 is 0. The molecular formula is C40H36Gd2N10O22. The maximum Gasteiger partial charge on any atom is 3.00 e. The Bertz CT molecular complexity index is 2600. The van der Waals surface area contributed by atoms with Crippen LogP contribution in [0.3, 0.4) is 0 Å². The number of pyridine rings is 4. The smallest absolute Gasteiger partial charge is 0.868 e. The molecule has 74 heavy (non-hydrogen) atoms. The first-order valence-electron chi connectivity index (χ1n) is 18.7. The Morgan fingerprint density at radius 2 is 0.405 bits per heavy atom. The van der Waals surface area contributed by atoms with Gasteiger partial charge in [0.1, 0.15) is 0 Å². The molecule has 4 N–H and O–H groups in total. The number of rotatable bonds is 0. The molecule has 0 aliphatic carbocycles. The molecule has 34 heteroatoms. The van der Waals surface area contributed by atoms with Crippen LogP contribution < -0.4 is 40.4 Å². The number of fused-ring (bicyclic) bond motifs is 4. The van der Waals surface area contributed by atoms with E-state index >= 15 is 0 Å². The normalized spacial score (nSPS) is 8.70. The molecule has 0 aliphatic rings. The van der Waals surface area contributed by atoms with E-state index in [9.17, 15) is 20.4 Å². The van der Waals surface area contributed by atoms with E-state index in [-0.39, 0.29) is 103 Å². The van der Waals surface area contributed by atoms with Crippen molar-refractivity contribution >= 4 is 43.6 Å². The fraction of sp³-hybridized carbons (Fsp3) is 0.100. The molecule has 0 amide bonds. The number of aromatic nitrogens is 4. The van der Waals surface area contributed by atoms with Gasteiger partial charge in [0.2, 0.25) is 22.1 Å². The summed E-state index contributed by atoms with van der Waals surface area (Å²) < 4.78 is 0. The fourth-order valence-electron chi connectivity index (χ4n) is 5.10. The Morgan fingerprint density at radius 1 is 0.270 bits per heavy atom. The summed E-state index contributed by atoms with van der Waals surface area (Å²) in [5.41, 5.74) is 6.79. The van der Waals surface area contributed by atoms with Crippen LogP contribution in [0, 0.1) is 200 Å². The Morgan fingerprint density at radius 3 is 0.541 bits per heavy atom. The van der Waals surface area contributed by atoms with Gasteiger partial charge in [0, 0.05) is 73.5 Å². The fourth-order valence-corrected chi connectivity index (χ4v) is 5.10. The zero-order chi connectivity index (χ0) is 55.7. The molecule has 2 radical (unpaired) electrons. The number of para-hydroxylation sites is 4. The quantitative estimate of drug-likeness (QED) is 0.155. The molecule has 8 aromatic rings. The van der Waals surface area contributed by atoms with Crippen LogP contribution in [-0.4, -0.2) is 30.5 Å². The molecule has 0 fully saturated rings. The van der Waals surface area contributed by atoms with Crippen LogP contribution in [0.15, 0.2) is 121 Å². The number of hydrogen-bond acceptors (Lipinski definition) is 22. The van der Waals surface area contributed by atoms with Gasteiger partial charge in [-0.3, -0.25) is 0 Å². The molecule has 4 heterocycles. The molecule has 0 saturated carbocycles. The van der Waals surface area contributed by atoms with Gasteiger partial charge in [0.15, 0.2) is 22.8 Å². The Hall–Kier alpha value is -8.43. The average Bonchev–Trinajstić information content (AvgIpc) is 3.25. The van der Waals surface area contributed by atoms with Gasteiger partial charge < -0.3 is 112 Å². The number of aryl methyl sites for hydroxylation is 4. The minimum absolute atomic E-state index is 0. The Balaban J connectivity index is -0.000000384. The molecule has 0 spiro atoms. The van der Waals surface area contributed by atoms with Crippen molar-refractivity contribution in [2.24, 2.45) is 0 Å². The van der Waals surface area contributed by atoms with Crippen molar-refractivity contribution in [1.29, 1.82) is 0 Å². The third-order valence-electron chi connectivity index (χ3n) is 7.57. The maximum absolute atomic E-state index is 11.3. The van der Waals surface area contributed by atoms with Crippen LogP contribution in [-0.2, 0) is 0 Å². The number of nitrogens with zero attached hydrogens (tertiary/aromatic N) is 6. The first kappa shape index (κ1) is 72.1. The summed E-state index contributed by atoms with van der Waals surface area (Å²) in [7, 11) is 0. The van der Waals surface area contributed by atoms with Crippen LogP contribution in [0.25, 0.3) is 43.6 Å². The Labute approximate surface area is 477 Å². The molecule has 32 nitrogen and oxygen atoms in total. The van der Waals surface area contributed by atoms with Crippen molar-refractivity contribution in [1.82, 2.24) is 0 Å². The van der Waals surface area contributed by atoms with Crippen molar-refractivity contribution in [3.63, 3.8) is 0 Å². The first-order valence-corrected chi connectivity index (χ1v) is 18.7. The summed E-state index contributed by atoms with van der Waals surface area (Å²) in [4.78, 5) is 61.7. The van der Waals surface area contributed by atoms with E-state index in [0.717, 1.165) is 44.3 Å². The van der Waals surface area contributed by atoms with Gasteiger partial charge in [-0.25, -0.2) is 19.9 Å². The number of H-pyrrole nitrogens is 4. The van der Waals surface area contributed by atoms with Gasteiger partial charge in [-0.05, 0) is 71.5 Å². The van der Waals surface area contributed by atoms with Crippen molar-refractivity contribution in [2.75, 3.05) is 0 Å². The van der Waals surface area contributed by atoms with E-state index in [1.54, 1.807) is 48.5 Å². The summed E-state index contributed by atoms with van der Waals surface area (Å²) in [6.45, 7) is 7.75. The van der Waals surface area contributed by atoms with Crippen LogP contribution in [0.4, 0.5) is 0 Å². The minimum Gasteiger partial charge on any atom is -0.868 e. The zero-order valence-electron chi connectivity index (χ0n) is 37.9. The van der Waals surface area contributed by atoms with Gasteiger partial charge in [0.25, 0.3) is 0 Å². The summed E-state index contributed by atoms with van der Waals surface area (Å²) in [5, 5.41) is 138. The van der Waals surface area contributed by atoms with E-state index < -0.39 is 30.5 Å². The first-order chi connectivity index (χ1) is 33.5. The molecular weight excluding hydrogens is 1290 g/mol. The zero-order valence-corrected chi connectivity index (χ0v) is 42.5. The van der Waals surface area contributed by atoms with Crippen LogP contribution >= 0.6 is 0 Å². The SMILES string of the molecule is Cc1ccc2cccc([O-])c2[nH+]1.Cc1ccc2cccc([O-])c2[nH+]1.Cc1ccc2cccc([O-])c2[nH+]1.Cc1ccc2cccc([O-])c2[nH+]1.O=[N+]([O-])[O-].O=[N+]([O-])[O-].O=[N+]([O-])[O-].O=[N+]([O-])[O-].O=[N+]([O-])[O-].O=[N+]([O-])[O-].[Gd+3].[Gd+3]. The van der Waals surface area contributed by atoms with Gasteiger partial charge in [-0.2, -0.15) is 0 Å². The predicted octanol–water partition coefficient (Wildman–Crippen LogP) is 2.71. The Kier molecular flexibility index (Phi) is 38.2. The monoisotopic (exact) mass is 1320 g/mol. The van der Waals surface area contributed by atoms with E-state index in [2.05, 4.69) is 19.9 Å². The predicted molar refractivity (Wildman–Crippen MR) is 241 cm³/mol. The van der Waals surface area contributed by atoms with Gasteiger partial charge in [0.05, 0.1) is 30.5 Å². The van der Waals surface area contributed by atoms with Gasteiger partial charge >= 0.3 is 79.9 Å². The molecule has 0 aliphatic heterocycles. The standard InChI is InChI=1S/4C10H9NO.2Gd.6NO3/c4*1-7-5-6-8-3-2-4-9(12)10(8)11-7;;;6*2-1(3)4/h4*2-6,12H,1H3;;;;;;;;/q;;;;2*+3;6*-1. The van der Waals surface area contributed by atoms with Crippen LogP contribution in [0.2, 0.25) is 0 Å². The molecule has 394 valence electrons. The average molecular weight is 1320 g/mol. The number of aromatic amines is 4. The summed E-state index contributed by atoms with van der Waals surface area (Å²) in [6, 6.07) is 36.7. The van der Waals surface area contributed by atoms with E-state index in [4.69, 9.17) is 91.9 Å². The third-order valence-corrected chi connectivity index (χ3v) is 7.57. The van der Waals surface area contributed by atoms with E-state index in [0.29, 0.717) is 22.1 Å². The number of nitrogens with one attached hydrogen (secondary N) is 4. The largest absolute Gasteiger partial charge is 3.00 e. The van der Waals surface area contributed by atoms with E-state index in [1.165, 1.54) is 0 Å². The minimum atomic E-state index is -1.75. The molecule has 8 rings (SSSR count). The van der Waals surface area contributed by atoms with Crippen molar-refractivity contribution in [2.45, 2.75) is 27.7 Å². The molecule has 0 bridgehead atoms. The second kappa shape index (κ2) is 39.2. The molecule has 4 aromatic carbocycles. The molecule has 0 atom stereocenters.